The Labute approximate surface area is 126 Å². The highest BCUT2D eigenvalue weighted by atomic mass is 35.5. The number of rotatable bonds is 4. The van der Waals surface area contributed by atoms with Crippen molar-refractivity contribution in [3.05, 3.63) is 57.5 Å². The van der Waals surface area contributed by atoms with Crippen molar-refractivity contribution in [2.75, 3.05) is 0 Å². The molecule has 20 heavy (non-hydrogen) atoms. The molecule has 0 spiro atoms. The summed E-state index contributed by atoms with van der Waals surface area (Å²) >= 11 is 11.7. The molecule has 0 saturated heterocycles. The zero-order valence-corrected chi connectivity index (χ0v) is 12.2. The third kappa shape index (κ3) is 2.87. The van der Waals surface area contributed by atoms with E-state index in [1.54, 1.807) is 24.3 Å². The molecule has 1 heterocycles. The number of carbonyl (C=O) groups is 1. The van der Waals surface area contributed by atoms with Gasteiger partial charge in [-0.2, -0.15) is 5.26 Å². The largest absolute Gasteiger partial charge is 0.458 e. The summed E-state index contributed by atoms with van der Waals surface area (Å²) in [5.41, 5.74) is 0.501. The first-order valence-corrected chi connectivity index (χ1v) is 6.80. The predicted molar refractivity (Wildman–Crippen MR) is 77.2 cm³/mol. The summed E-state index contributed by atoms with van der Waals surface area (Å²) in [5, 5.41) is 9.94. The lowest BCUT2D eigenvalue weighted by atomic mass is 9.95. The van der Waals surface area contributed by atoms with E-state index in [4.69, 9.17) is 27.6 Å². The van der Waals surface area contributed by atoms with Crippen molar-refractivity contribution in [3.8, 4) is 6.07 Å². The standard InChI is InChI=1S/C15H11Cl2NO2/c1-2-10-4-6-14(20-10)15(19)11(8-18)9-3-5-12(16)13(17)7-9/h3-7,11H,2H2,1H3. The Kier molecular flexibility index (Phi) is 4.49. The van der Waals surface area contributed by atoms with E-state index < -0.39 is 5.92 Å². The molecule has 0 radical (unpaired) electrons. The van der Waals surface area contributed by atoms with Crippen molar-refractivity contribution in [2.45, 2.75) is 19.3 Å². The molecular weight excluding hydrogens is 297 g/mol. The third-order valence-electron chi connectivity index (χ3n) is 2.92. The highest BCUT2D eigenvalue weighted by molar-refractivity contribution is 6.42. The predicted octanol–water partition coefficient (Wildman–Crippen LogP) is 4.64. The maximum Gasteiger partial charge on any atom is 0.219 e. The van der Waals surface area contributed by atoms with Gasteiger partial charge in [-0.05, 0) is 29.8 Å². The highest BCUT2D eigenvalue weighted by Gasteiger charge is 2.25. The fourth-order valence-electron chi connectivity index (χ4n) is 1.82. The summed E-state index contributed by atoms with van der Waals surface area (Å²) in [6.45, 7) is 1.92. The van der Waals surface area contributed by atoms with Gasteiger partial charge in [-0.1, -0.05) is 36.2 Å². The number of halogens is 2. The van der Waals surface area contributed by atoms with Crippen LogP contribution in [0.25, 0.3) is 0 Å². The molecule has 1 aromatic heterocycles. The van der Waals surface area contributed by atoms with Crippen molar-refractivity contribution < 1.29 is 9.21 Å². The van der Waals surface area contributed by atoms with Crippen LogP contribution in [-0.4, -0.2) is 5.78 Å². The van der Waals surface area contributed by atoms with Gasteiger partial charge in [0.25, 0.3) is 0 Å². The molecule has 1 unspecified atom stereocenters. The summed E-state index contributed by atoms with van der Waals surface area (Å²) in [6.07, 6.45) is 0.692. The van der Waals surface area contributed by atoms with Crippen LogP contribution >= 0.6 is 23.2 Å². The maximum absolute atomic E-state index is 12.3. The van der Waals surface area contributed by atoms with Crippen LogP contribution in [0.1, 0.15) is 34.7 Å². The molecule has 2 rings (SSSR count). The van der Waals surface area contributed by atoms with Crippen LogP contribution in [0.2, 0.25) is 10.0 Å². The molecule has 1 aromatic carbocycles. The third-order valence-corrected chi connectivity index (χ3v) is 3.66. The quantitative estimate of drug-likeness (QED) is 0.773. The van der Waals surface area contributed by atoms with Crippen LogP contribution in [0, 0.1) is 11.3 Å². The second-order valence-electron chi connectivity index (χ2n) is 4.22. The van der Waals surface area contributed by atoms with Crippen LogP contribution in [0.5, 0.6) is 0 Å². The number of hydrogen-bond acceptors (Lipinski definition) is 3. The molecule has 5 heteroatoms. The Morgan fingerprint density at radius 1 is 1.30 bits per heavy atom. The topological polar surface area (TPSA) is 54.0 Å². The molecule has 0 N–H and O–H groups in total. The maximum atomic E-state index is 12.3. The van der Waals surface area contributed by atoms with Gasteiger partial charge in [0, 0.05) is 6.42 Å². The minimum atomic E-state index is -0.958. The lowest BCUT2D eigenvalue weighted by molar-refractivity contribution is 0.0950. The highest BCUT2D eigenvalue weighted by Crippen LogP contribution is 2.28. The van der Waals surface area contributed by atoms with Crippen LogP contribution in [0.15, 0.2) is 34.7 Å². The fourth-order valence-corrected chi connectivity index (χ4v) is 2.13. The van der Waals surface area contributed by atoms with Gasteiger partial charge >= 0.3 is 0 Å². The van der Waals surface area contributed by atoms with E-state index >= 15 is 0 Å². The van der Waals surface area contributed by atoms with Gasteiger partial charge in [0.05, 0.1) is 16.1 Å². The van der Waals surface area contributed by atoms with E-state index in [1.165, 1.54) is 6.07 Å². The number of Topliss-reactive ketones (excluding diaryl/α,β-unsaturated/α-hetero) is 1. The number of nitrogens with zero attached hydrogens (tertiary/aromatic N) is 1. The average molecular weight is 308 g/mol. The van der Waals surface area contributed by atoms with Gasteiger partial charge in [-0.3, -0.25) is 4.79 Å². The monoisotopic (exact) mass is 307 g/mol. The number of benzene rings is 1. The Bertz CT molecular complexity index is 685. The van der Waals surface area contributed by atoms with E-state index in [0.717, 1.165) is 0 Å². The van der Waals surface area contributed by atoms with Crippen LogP contribution < -0.4 is 0 Å². The van der Waals surface area contributed by atoms with Crippen LogP contribution in [0.4, 0.5) is 0 Å². The number of aryl methyl sites for hydroxylation is 1. The van der Waals surface area contributed by atoms with Gasteiger partial charge in [-0.25, -0.2) is 0 Å². The van der Waals surface area contributed by atoms with E-state index in [-0.39, 0.29) is 11.5 Å². The van der Waals surface area contributed by atoms with Gasteiger partial charge in [0.15, 0.2) is 5.76 Å². The second-order valence-corrected chi connectivity index (χ2v) is 5.03. The number of ketones is 1. The van der Waals surface area contributed by atoms with Gasteiger partial charge in [0.1, 0.15) is 11.7 Å². The molecule has 2 aromatic rings. The molecule has 0 aliphatic heterocycles. The summed E-state index contributed by atoms with van der Waals surface area (Å²) in [5.74, 6) is -0.454. The minimum Gasteiger partial charge on any atom is -0.458 e. The van der Waals surface area contributed by atoms with Crippen molar-refractivity contribution >= 4 is 29.0 Å². The average Bonchev–Trinajstić information content (AvgIpc) is 2.92. The molecule has 0 bridgehead atoms. The zero-order valence-electron chi connectivity index (χ0n) is 10.7. The van der Waals surface area contributed by atoms with Crippen LogP contribution in [0.3, 0.4) is 0 Å². The second kappa shape index (κ2) is 6.13. The van der Waals surface area contributed by atoms with Crippen molar-refractivity contribution in [1.29, 1.82) is 5.26 Å². The summed E-state index contributed by atoms with van der Waals surface area (Å²) in [7, 11) is 0. The summed E-state index contributed by atoms with van der Waals surface area (Å²) < 4.78 is 5.39. The van der Waals surface area contributed by atoms with E-state index in [9.17, 15) is 10.1 Å². The van der Waals surface area contributed by atoms with Gasteiger partial charge in [0.2, 0.25) is 5.78 Å². The minimum absolute atomic E-state index is 0.180. The molecule has 102 valence electrons. The van der Waals surface area contributed by atoms with Crippen molar-refractivity contribution in [3.63, 3.8) is 0 Å². The number of carbonyl (C=O) groups excluding carboxylic acids is 1. The lowest BCUT2D eigenvalue weighted by Gasteiger charge is -2.08. The lowest BCUT2D eigenvalue weighted by Crippen LogP contribution is -2.10. The fraction of sp³-hybridized carbons (Fsp3) is 0.200. The molecule has 3 nitrogen and oxygen atoms in total. The smallest absolute Gasteiger partial charge is 0.219 e. The van der Waals surface area contributed by atoms with E-state index in [0.29, 0.717) is 27.8 Å². The van der Waals surface area contributed by atoms with E-state index in [1.807, 2.05) is 13.0 Å². The Morgan fingerprint density at radius 2 is 2.05 bits per heavy atom. The molecule has 0 saturated carbocycles. The normalized spacial score (nSPS) is 11.9. The summed E-state index contributed by atoms with van der Waals surface area (Å²) in [6, 6.07) is 10.0. The molecule has 0 amide bonds. The molecule has 1 atom stereocenters. The first kappa shape index (κ1) is 14.6. The molecular formula is C15H11Cl2NO2. The van der Waals surface area contributed by atoms with Gasteiger partial charge < -0.3 is 4.42 Å². The first-order chi connectivity index (χ1) is 9.56. The number of hydrogen-bond donors (Lipinski definition) is 0. The van der Waals surface area contributed by atoms with Crippen molar-refractivity contribution in [1.82, 2.24) is 0 Å². The Balaban J connectivity index is 2.34. The van der Waals surface area contributed by atoms with E-state index in [2.05, 4.69) is 0 Å². The number of furan rings is 1. The molecule has 0 aliphatic rings. The number of nitriles is 1. The summed E-state index contributed by atoms with van der Waals surface area (Å²) in [4.78, 5) is 12.3. The Morgan fingerprint density at radius 3 is 2.60 bits per heavy atom. The SMILES string of the molecule is CCc1ccc(C(=O)C(C#N)c2ccc(Cl)c(Cl)c2)o1. The van der Waals surface area contributed by atoms with Crippen LogP contribution in [-0.2, 0) is 6.42 Å². The Hall–Kier alpha value is -1.76. The molecule has 0 aliphatic carbocycles. The molecule has 0 fully saturated rings. The van der Waals surface area contributed by atoms with Crippen molar-refractivity contribution in [2.24, 2.45) is 0 Å². The first-order valence-electron chi connectivity index (χ1n) is 6.04. The van der Waals surface area contributed by atoms with Gasteiger partial charge in [-0.15, -0.1) is 0 Å². The zero-order chi connectivity index (χ0) is 14.7.